The zero-order valence-corrected chi connectivity index (χ0v) is 21.2. The molecule has 1 aromatic heterocycles. The van der Waals surface area contributed by atoms with Gasteiger partial charge in [-0.05, 0) is 40.5 Å². The highest BCUT2D eigenvalue weighted by Gasteiger charge is 2.21. The molecule has 0 spiro atoms. The van der Waals surface area contributed by atoms with Gasteiger partial charge in [0.1, 0.15) is 5.60 Å². The molecule has 1 atom stereocenters. The van der Waals surface area contributed by atoms with Crippen LogP contribution in [0.5, 0.6) is 0 Å². The highest BCUT2D eigenvalue weighted by Crippen LogP contribution is 2.11. The average Bonchev–Trinajstić information content (AvgIpc) is 2.94. The van der Waals surface area contributed by atoms with Crippen LogP contribution in [0.25, 0.3) is 0 Å². The van der Waals surface area contributed by atoms with Gasteiger partial charge in [-0.15, -0.1) is 35.3 Å². The first-order chi connectivity index (χ1) is 12.6. The van der Waals surface area contributed by atoms with Crippen LogP contribution in [0.4, 0.5) is 4.79 Å². The molecule has 0 fully saturated rings. The Labute approximate surface area is 190 Å². The number of nitrogens with zero attached hydrogens (tertiary/aromatic N) is 2. The van der Waals surface area contributed by atoms with Gasteiger partial charge in [-0.1, -0.05) is 13.8 Å². The van der Waals surface area contributed by atoms with Crippen molar-refractivity contribution in [3.63, 3.8) is 0 Å². The quantitative estimate of drug-likeness (QED) is 0.274. The summed E-state index contributed by atoms with van der Waals surface area (Å²) in [6.07, 6.45) is 2.34. The van der Waals surface area contributed by atoms with Crippen molar-refractivity contribution in [3.05, 3.63) is 16.1 Å². The van der Waals surface area contributed by atoms with Gasteiger partial charge in [0.05, 0.1) is 17.6 Å². The van der Waals surface area contributed by atoms with E-state index in [1.807, 2.05) is 33.9 Å². The summed E-state index contributed by atoms with van der Waals surface area (Å²) in [5, 5.41) is 10.6. The fourth-order valence-electron chi connectivity index (χ4n) is 2.22. The van der Waals surface area contributed by atoms with Crippen molar-refractivity contribution < 1.29 is 9.53 Å². The van der Waals surface area contributed by atoms with E-state index >= 15 is 0 Å². The summed E-state index contributed by atoms with van der Waals surface area (Å²) >= 11 is 1.71. The smallest absolute Gasteiger partial charge is 0.407 e. The maximum atomic E-state index is 12.1. The number of nitrogens with one attached hydrogen (secondary N) is 3. The van der Waals surface area contributed by atoms with Crippen molar-refractivity contribution in [2.45, 2.75) is 66.5 Å². The van der Waals surface area contributed by atoms with Crippen LogP contribution in [-0.4, -0.2) is 48.3 Å². The Kier molecular flexibility index (Phi) is 12.7. The first kappa shape index (κ1) is 26.9. The van der Waals surface area contributed by atoms with Crippen LogP contribution in [0, 0.1) is 12.8 Å². The van der Waals surface area contributed by atoms with E-state index in [0.717, 1.165) is 30.5 Å². The molecule has 0 saturated carbocycles. The highest BCUT2D eigenvalue weighted by atomic mass is 127. The van der Waals surface area contributed by atoms with Gasteiger partial charge in [-0.25, -0.2) is 9.78 Å². The van der Waals surface area contributed by atoms with Crippen molar-refractivity contribution in [3.8, 4) is 0 Å². The molecule has 1 aromatic rings. The summed E-state index contributed by atoms with van der Waals surface area (Å²) in [4.78, 5) is 22.3. The van der Waals surface area contributed by atoms with E-state index in [9.17, 15) is 4.79 Å². The van der Waals surface area contributed by atoms with Gasteiger partial charge < -0.3 is 20.7 Å². The third-order valence-electron chi connectivity index (χ3n) is 3.60. The zero-order chi connectivity index (χ0) is 20.4. The van der Waals surface area contributed by atoms with Crippen LogP contribution in [0.15, 0.2) is 11.2 Å². The molecule has 1 unspecified atom stereocenters. The number of carbonyl (C=O) groups excluding carboxylic acids is 1. The van der Waals surface area contributed by atoms with Gasteiger partial charge in [0.2, 0.25) is 0 Å². The van der Waals surface area contributed by atoms with E-state index in [1.165, 1.54) is 4.88 Å². The number of guanidine groups is 1. The molecule has 0 radical (unpaired) electrons. The summed E-state index contributed by atoms with van der Waals surface area (Å²) in [6.45, 7) is 15.8. The number of halogens is 1. The molecule has 0 aliphatic rings. The molecule has 0 aliphatic carbocycles. The molecule has 0 aliphatic heterocycles. The predicted octanol–water partition coefficient (Wildman–Crippen LogP) is 3.72. The van der Waals surface area contributed by atoms with Gasteiger partial charge in [0.25, 0.3) is 0 Å². The first-order valence-corrected chi connectivity index (χ1v) is 10.4. The maximum Gasteiger partial charge on any atom is 0.407 e. The molecule has 1 rings (SSSR count). The largest absolute Gasteiger partial charge is 0.444 e. The number of ether oxygens (including phenoxy) is 1. The minimum atomic E-state index is -0.514. The number of thiazole rings is 1. The Hall–Kier alpha value is -1.10. The second kappa shape index (κ2) is 13.2. The summed E-state index contributed by atoms with van der Waals surface area (Å²) in [5.41, 5.74) is -0.514. The monoisotopic (exact) mass is 525 g/mol. The van der Waals surface area contributed by atoms with Gasteiger partial charge in [-0.3, -0.25) is 4.99 Å². The summed E-state index contributed by atoms with van der Waals surface area (Å²) < 4.78 is 5.35. The Morgan fingerprint density at radius 3 is 2.50 bits per heavy atom. The number of aliphatic imine (C=N–C) groups is 1. The van der Waals surface area contributed by atoms with Crippen molar-refractivity contribution in [2.24, 2.45) is 10.9 Å². The van der Waals surface area contributed by atoms with Crippen LogP contribution in [0.1, 0.15) is 51.4 Å². The van der Waals surface area contributed by atoms with Gasteiger partial charge in [0, 0.05) is 30.6 Å². The van der Waals surface area contributed by atoms with E-state index in [1.54, 1.807) is 11.3 Å². The molecule has 3 N–H and O–H groups in total. The number of hydrogen-bond acceptors (Lipinski definition) is 5. The third-order valence-corrected chi connectivity index (χ3v) is 4.57. The Balaban J connectivity index is 0.00000729. The molecule has 28 heavy (non-hydrogen) atoms. The molecule has 1 heterocycles. The lowest BCUT2D eigenvalue weighted by atomic mass is 10.1. The first-order valence-electron chi connectivity index (χ1n) is 9.53. The van der Waals surface area contributed by atoms with Crippen LogP contribution < -0.4 is 16.0 Å². The molecule has 7 nitrogen and oxygen atoms in total. The normalized spacial score (nSPS) is 12.9. The standard InChI is InChI=1S/C19H35N5O2S.HI/c1-8-20-17(21-10-9-16-22-11-14(4)27-16)23-12-15(13(2)3)24-18(25)26-19(5,6)7;/h11,13,15H,8-10,12H2,1-7H3,(H,24,25)(H2,20,21,23);1H. The Morgan fingerprint density at radius 2 is 2.00 bits per heavy atom. The molecule has 0 aromatic carbocycles. The van der Waals surface area contributed by atoms with E-state index in [4.69, 9.17) is 4.74 Å². The molecule has 9 heteroatoms. The lowest BCUT2D eigenvalue weighted by Crippen LogP contribution is -2.45. The van der Waals surface area contributed by atoms with Gasteiger partial charge in [-0.2, -0.15) is 0 Å². The van der Waals surface area contributed by atoms with Crippen molar-refractivity contribution >= 4 is 47.4 Å². The minimum absolute atomic E-state index is 0. The SMILES string of the molecule is CCNC(=NCC(NC(=O)OC(C)(C)C)C(C)C)NCCc1ncc(C)s1.I. The lowest BCUT2D eigenvalue weighted by Gasteiger charge is -2.25. The number of carbonyl (C=O) groups is 1. The maximum absolute atomic E-state index is 12.1. The van der Waals surface area contributed by atoms with Crippen molar-refractivity contribution in [1.82, 2.24) is 20.9 Å². The number of amides is 1. The van der Waals surface area contributed by atoms with E-state index in [0.29, 0.717) is 6.54 Å². The molecule has 0 saturated heterocycles. The van der Waals surface area contributed by atoms with Crippen LogP contribution in [-0.2, 0) is 11.2 Å². The third kappa shape index (κ3) is 11.7. The number of aromatic nitrogens is 1. The summed E-state index contributed by atoms with van der Waals surface area (Å²) in [6, 6.07) is -0.100. The molecular formula is C19H36IN5O2S. The number of aryl methyl sites for hydroxylation is 1. The van der Waals surface area contributed by atoms with Crippen molar-refractivity contribution in [2.75, 3.05) is 19.6 Å². The van der Waals surface area contributed by atoms with Crippen LogP contribution in [0.3, 0.4) is 0 Å². The topological polar surface area (TPSA) is 87.6 Å². The Bertz CT molecular complexity index is 614. The fraction of sp³-hybridized carbons (Fsp3) is 0.737. The molecule has 1 amide bonds. The molecule has 0 bridgehead atoms. The minimum Gasteiger partial charge on any atom is -0.444 e. The summed E-state index contributed by atoms with van der Waals surface area (Å²) in [7, 11) is 0. The molecule has 162 valence electrons. The second-order valence-electron chi connectivity index (χ2n) is 7.76. The number of hydrogen-bond donors (Lipinski definition) is 3. The lowest BCUT2D eigenvalue weighted by molar-refractivity contribution is 0.0493. The summed E-state index contributed by atoms with van der Waals surface area (Å²) in [5.74, 6) is 0.977. The fourth-order valence-corrected chi connectivity index (χ4v) is 3.00. The van der Waals surface area contributed by atoms with Gasteiger partial charge >= 0.3 is 6.09 Å². The number of rotatable bonds is 8. The molecular weight excluding hydrogens is 489 g/mol. The van der Waals surface area contributed by atoms with Gasteiger partial charge in [0.15, 0.2) is 5.96 Å². The Morgan fingerprint density at radius 1 is 1.32 bits per heavy atom. The zero-order valence-electron chi connectivity index (χ0n) is 18.1. The van der Waals surface area contributed by atoms with E-state index in [-0.39, 0.29) is 35.9 Å². The van der Waals surface area contributed by atoms with Crippen molar-refractivity contribution in [1.29, 1.82) is 0 Å². The van der Waals surface area contributed by atoms with Crippen LogP contribution in [0.2, 0.25) is 0 Å². The van der Waals surface area contributed by atoms with E-state index < -0.39 is 11.7 Å². The van der Waals surface area contributed by atoms with E-state index in [2.05, 4.69) is 46.7 Å². The highest BCUT2D eigenvalue weighted by molar-refractivity contribution is 14.0. The number of alkyl carbamates (subject to hydrolysis) is 1. The average molecular weight is 526 g/mol. The predicted molar refractivity (Wildman–Crippen MR) is 128 cm³/mol. The van der Waals surface area contributed by atoms with Crippen LogP contribution >= 0.6 is 35.3 Å². The second-order valence-corrected chi connectivity index (χ2v) is 9.08.